The second-order valence-electron chi connectivity index (χ2n) is 5.02. The van der Waals surface area contributed by atoms with Gasteiger partial charge in [0.15, 0.2) is 0 Å². The Morgan fingerprint density at radius 1 is 1.33 bits per heavy atom. The fourth-order valence-electron chi connectivity index (χ4n) is 3.04. The van der Waals surface area contributed by atoms with Crippen LogP contribution >= 0.6 is 0 Å². The molecule has 1 aromatic carbocycles. The van der Waals surface area contributed by atoms with Crippen LogP contribution in [0.1, 0.15) is 28.5 Å². The summed E-state index contributed by atoms with van der Waals surface area (Å²) in [6.07, 6.45) is 0.963. The largest absolute Gasteiger partial charge is 0.340 e. The summed E-state index contributed by atoms with van der Waals surface area (Å²) in [7, 11) is 1.88. The summed E-state index contributed by atoms with van der Waals surface area (Å²) in [5.41, 5.74) is 4.61. The quantitative estimate of drug-likeness (QED) is 0.754. The van der Waals surface area contributed by atoms with Crippen LogP contribution in [-0.2, 0) is 13.0 Å². The van der Waals surface area contributed by atoms with E-state index in [0.29, 0.717) is 0 Å². The lowest BCUT2D eigenvalue weighted by atomic mass is 10.0. The minimum absolute atomic E-state index is 0.161. The van der Waals surface area contributed by atoms with Crippen molar-refractivity contribution in [2.24, 2.45) is 0 Å². The monoisotopic (exact) mass is 242 g/mol. The van der Waals surface area contributed by atoms with Crippen molar-refractivity contribution in [2.45, 2.75) is 26.8 Å². The molecule has 94 valence electrons. The summed E-state index contributed by atoms with van der Waals surface area (Å²) >= 11 is 0. The Bertz CT molecular complexity index is 639. The predicted molar refractivity (Wildman–Crippen MR) is 73.0 cm³/mol. The van der Waals surface area contributed by atoms with Crippen LogP contribution in [0.5, 0.6) is 0 Å². The first-order valence-electron chi connectivity index (χ1n) is 6.51. The van der Waals surface area contributed by atoms with E-state index in [-0.39, 0.29) is 5.91 Å². The van der Waals surface area contributed by atoms with Crippen molar-refractivity contribution in [3.8, 4) is 0 Å². The minimum atomic E-state index is 0.161. The van der Waals surface area contributed by atoms with Gasteiger partial charge in [0, 0.05) is 25.5 Å². The zero-order chi connectivity index (χ0) is 12.9. The first-order valence-corrected chi connectivity index (χ1v) is 6.51. The van der Waals surface area contributed by atoms with Crippen LogP contribution in [0.3, 0.4) is 0 Å². The van der Waals surface area contributed by atoms with E-state index in [9.17, 15) is 4.79 Å². The molecule has 0 saturated carbocycles. The lowest BCUT2D eigenvalue weighted by Crippen LogP contribution is -2.35. The van der Waals surface area contributed by atoms with Gasteiger partial charge in [-0.05, 0) is 31.4 Å². The standard InChI is InChI=1S/C15H18N2O/c1-4-17-13-10(2)6-5-7-11(13)12-8-9-16(3)15(18)14(12)17/h5-7H,4,8-9H2,1-3H3. The molecule has 18 heavy (non-hydrogen) atoms. The molecular formula is C15H18N2O. The van der Waals surface area contributed by atoms with Crippen LogP contribution in [-0.4, -0.2) is 29.0 Å². The van der Waals surface area contributed by atoms with Gasteiger partial charge in [-0.2, -0.15) is 0 Å². The lowest BCUT2D eigenvalue weighted by Gasteiger charge is -2.24. The van der Waals surface area contributed by atoms with E-state index in [1.165, 1.54) is 22.0 Å². The fourth-order valence-corrected chi connectivity index (χ4v) is 3.04. The SMILES string of the molecule is CCn1c2c(c3cccc(C)c31)CCN(C)C2=O. The Labute approximate surface area is 107 Å². The summed E-state index contributed by atoms with van der Waals surface area (Å²) in [6.45, 7) is 5.89. The Morgan fingerprint density at radius 2 is 2.11 bits per heavy atom. The van der Waals surface area contributed by atoms with Crippen molar-refractivity contribution in [1.29, 1.82) is 0 Å². The fraction of sp³-hybridized carbons (Fsp3) is 0.400. The van der Waals surface area contributed by atoms with Gasteiger partial charge in [-0.15, -0.1) is 0 Å². The van der Waals surface area contributed by atoms with E-state index in [0.717, 1.165) is 25.2 Å². The number of aromatic nitrogens is 1. The van der Waals surface area contributed by atoms with Crippen molar-refractivity contribution in [2.75, 3.05) is 13.6 Å². The number of aryl methyl sites for hydroxylation is 2. The lowest BCUT2D eigenvalue weighted by molar-refractivity contribution is 0.0770. The summed E-state index contributed by atoms with van der Waals surface area (Å²) in [4.78, 5) is 14.2. The molecule has 2 heterocycles. The third-order valence-electron chi connectivity index (χ3n) is 3.95. The van der Waals surface area contributed by atoms with Crippen molar-refractivity contribution >= 4 is 16.8 Å². The minimum Gasteiger partial charge on any atom is -0.340 e. The molecule has 0 radical (unpaired) electrons. The van der Waals surface area contributed by atoms with Crippen LogP contribution in [0.2, 0.25) is 0 Å². The van der Waals surface area contributed by atoms with Gasteiger partial charge in [0.1, 0.15) is 5.69 Å². The molecule has 0 fully saturated rings. The van der Waals surface area contributed by atoms with Crippen molar-refractivity contribution < 1.29 is 4.79 Å². The Hall–Kier alpha value is -1.77. The third kappa shape index (κ3) is 1.33. The van der Waals surface area contributed by atoms with E-state index in [2.05, 4.69) is 36.6 Å². The van der Waals surface area contributed by atoms with Gasteiger partial charge in [0.2, 0.25) is 0 Å². The van der Waals surface area contributed by atoms with E-state index in [1.54, 1.807) is 0 Å². The molecule has 0 unspecified atom stereocenters. The highest BCUT2D eigenvalue weighted by atomic mass is 16.2. The number of amides is 1. The number of nitrogens with zero attached hydrogens (tertiary/aromatic N) is 2. The average molecular weight is 242 g/mol. The van der Waals surface area contributed by atoms with E-state index in [4.69, 9.17) is 0 Å². The van der Waals surface area contributed by atoms with Crippen LogP contribution in [0.15, 0.2) is 18.2 Å². The second-order valence-corrected chi connectivity index (χ2v) is 5.02. The Morgan fingerprint density at radius 3 is 2.83 bits per heavy atom. The number of hydrogen-bond donors (Lipinski definition) is 0. The number of carbonyl (C=O) groups is 1. The van der Waals surface area contributed by atoms with Crippen molar-refractivity contribution in [3.63, 3.8) is 0 Å². The van der Waals surface area contributed by atoms with Crippen LogP contribution in [0.25, 0.3) is 10.9 Å². The molecule has 3 rings (SSSR count). The molecule has 0 saturated heterocycles. The van der Waals surface area contributed by atoms with Gasteiger partial charge in [0.25, 0.3) is 5.91 Å². The summed E-state index contributed by atoms with van der Waals surface area (Å²) in [5.74, 6) is 0.161. The van der Waals surface area contributed by atoms with Gasteiger partial charge in [-0.1, -0.05) is 18.2 Å². The van der Waals surface area contributed by atoms with Crippen LogP contribution in [0, 0.1) is 6.92 Å². The highest BCUT2D eigenvalue weighted by Gasteiger charge is 2.28. The number of rotatable bonds is 1. The van der Waals surface area contributed by atoms with Crippen molar-refractivity contribution in [3.05, 3.63) is 35.0 Å². The van der Waals surface area contributed by atoms with Gasteiger partial charge < -0.3 is 9.47 Å². The maximum atomic E-state index is 12.4. The summed E-state index contributed by atoms with van der Waals surface area (Å²) in [6, 6.07) is 6.35. The Balaban J connectivity index is 2.43. The molecule has 2 aromatic rings. The maximum absolute atomic E-state index is 12.4. The number of carbonyl (C=O) groups excluding carboxylic acids is 1. The predicted octanol–water partition coefficient (Wildman–Crippen LogP) is 2.60. The number of benzene rings is 1. The number of fused-ring (bicyclic) bond motifs is 3. The van der Waals surface area contributed by atoms with Gasteiger partial charge in [-0.25, -0.2) is 0 Å². The third-order valence-corrected chi connectivity index (χ3v) is 3.95. The molecule has 3 heteroatoms. The molecule has 0 spiro atoms. The van der Waals surface area contributed by atoms with Gasteiger partial charge in [-0.3, -0.25) is 4.79 Å². The van der Waals surface area contributed by atoms with Gasteiger partial charge >= 0.3 is 0 Å². The molecule has 1 amide bonds. The van der Waals surface area contributed by atoms with Gasteiger partial charge in [0.05, 0.1) is 5.52 Å². The smallest absolute Gasteiger partial charge is 0.270 e. The zero-order valence-electron chi connectivity index (χ0n) is 11.2. The molecule has 0 atom stereocenters. The summed E-state index contributed by atoms with van der Waals surface area (Å²) in [5, 5.41) is 1.26. The highest BCUT2D eigenvalue weighted by Crippen LogP contribution is 2.32. The molecular weight excluding hydrogens is 224 g/mol. The Kier molecular flexibility index (Phi) is 2.44. The highest BCUT2D eigenvalue weighted by molar-refractivity contribution is 6.03. The van der Waals surface area contributed by atoms with E-state index < -0.39 is 0 Å². The average Bonchev–Trinajstić information content (AvgIpc) is 2.70. The molecule has 1 aliphatic rings. The second kappa shape index (κ2) is 3.87. The first kappa shape index (κ1) is 11.3. The van der Waals surface area contributed by atoms with Crippen molar-refractivity contribution in [1.82, 2.24) is 9.47 Å². The first-order chi connectivity index (χ1) is 8.65. The topological polar surface area (TPSA) is 25.2 Å². The summed E-state index contributed by atoms with van der Waals surface area (Å²) < 4.78 is 2.18. The molecule has 1 aliphatic heterocycles. The molecule has 0 N–H and O–H groups in total. The number of likely N-dealkylation sites (N-methyl/N-ethyl adjacent to an activating group) is 1. The van der Waals surface area contributed by atoms with Crippen LogP contribution < -0.4 is 0 Å². The maximum Gasteiger partial charge on any atom is 0.270 e. The molecule has 1 aromatic heterocycles. The number of para-hydroxylation sites is 1. The van der Waals surface area contributed by atoms with Crippen LogP contribution in [0.4, 0.5) is 0 Å². The molecule has 3 nitrogen and oxygen atoms in total. The van der Waals surface area contributed by atoms with E-state index >= 15 is 0 Å². The zero-order valence-corrected chi connectivity index (χ0v) is 11.2. The normalized spacial score (nSPS) is 15.3. The molecule has 0 aliphatic carbocycles. The number of hydrogen-bond acceptors (Lipinski definition) is 1. The van der Waals surface area contributed by atoms with E-state index in [1.807, 2.05) is 11.9 Å². The molecule has 0 bridgehead atoms.